The average molecular weight is 427 g/mol. The minimum absolute atomic E-state index is 0. The molecule has 1 N–H and O–H groups in total. The van der Waals surface area contributed by atoms with Crippen molar-refractivity contribution in [3.63, 3.8) is 0 Å². The van der Waals surface area contributed by atoms with Crippen LogP contribution >= 0.6 is 35.3 Å². The molecule has 1 saturated heterocycles. The molecular weight excluding hydrogens is 407 g/mol. The summed E-state index contributed by atoms with van der Waals surface area (Å²) in [4.78, 5) is 11.2. The van der Waals surface area contributed by atoms with E-state index in [1.54, 1.807) is 30.8 Å². The molecule has 27 heavy (non-hydrogen) atoms. The molecule has 0 bridgehead atoms. The lowest BCUT2D eigenvalue weighted by Gasteiger charge is -2.35. The average Bonchev–Trinajstić information content (AvgIpc) is 3.13. The van der Waals surface area contributed by atoms with Gasteiger partial charge in [0.15, 0.2) is 5.13 Å². The summed E-state index contributed by atoms with van der Waals surface area (Å²) in [5.41, 5.74) is 0.788. The highest BCUT2D eigenvalue weighted by atomic mass is 35.5. The molecule has 1 atom stereocenters. The number of methoxy groups -OCH3 is 1. The van der Waals surface area contributed by atoms with Crippen LogP contribution < -0.4 is 19.7 Å². The number of fused-ring (bicyclic) bond motifs is 1. The van der Waals surface area contributed by atoms with Gasteiger partial charge in [-0.2, -0.15) is 0 Å². The second-order valence-corrected chi connectivity index (χ2v) is 7.36. The molecule has 1 aromatic carbocycles. The number of hydrogen-bond acceptors (Lipinski definition) is 7. The Bertz CT molecular complexity index is 894. The van der Waals surface area contributed by atoms with Crippen molar-refractivity contribution in [2.45, 2.75) is 6.04 Å². The standard InChI is InChI=1S/C18H19ClN4O2S.ClH/c1-24-14-4-5-15-17(16(14)19)22-18(26-15)23-8-7-21-9-12(23)11-25-13-3-2-6-20-10-13;/h2-6,10,12,21H,7-9,11H2,1H3;1H. The first-order chi connectivity index (χ1) is 12.8. The predicted molar refractivity (Wildman–Crippen MR) is 112 cm³/mol. The Morgan fingerprint density at radius 3 is 3.04 bits per heavy atom. The van der Waals surface area contributed by atoms with Crippen LogP contribution in [-0.2, 0) is 0 Å². The number of ether oxygens (including phenoxy) is 2. The van der Waals surface area contributed by atoms with E-state index in [9.17, 15) is 0 Å². The van der Waals surface area contributed by atoms with Gasteiger partial charge in [0.05, 0.1) is 24.0 Å². The summed E-state index contributed by atoms with van der Waals surface area (Å²) < 4.78 is 12.3. The molecule has 0 aliphatic carbocycles. The fourth-order valence-corrected chi connectivity index (χ4v) is 4.41. The van der Waals surface area contributed by atoms with Crippen molar-refractivity contribution in [2.75, 3.05) is 38.3 Å². The second kappa shape index (κ2) is 8.93. The number of benzene rings is 1. The smallest absolute Gasteiger partial charge is 0.186 e. The summed E-state index contributed by atoms with van der Waals surface area (Å²) >= 11 is 8.07. The fraction of sp³-hybridized carbons (Fsp3) is 0.333. The minimum Gasteiger partial charge on any atom is -0.495 e. The molecule has 0 saturated carbocycles. The van der Waals surface area contributed by atoms with Crippen LogP contribution in [-0.4, -0.2) is 49.4 Å². The van der Waals surface area contributed by atoms with Crippen molar-refractivity contribution in [2.24, 2.45) is 0 Å². The van der Waals surface area contributed by atoms with Crippen LogP contribution in [0, 0.1) is 0 Å². The zero-order chi connectivity index (χ0) is 17.9. The molecule has 1 aliphatic heterocycles. The van der Waals surface area contributed by atoms with Crippen molar-refractivity contribution in [1.29, 1.82) is 0 Å². The number of nitrogens with one attached hydrogen (secondary N) is 1. The number of anilines is 1. The predicted octanol–water partition coefficient (Wildman–Crippen LogP) is 3.63. The van der Waals surface area contributed by atoms with Crippen molar-refractivity contribution in [1.82, 2.24) is 15.3 Å². The quantitative estimate of drug-likeness (QED) is 0.671. The van der Waals surface area contributed by atoms with Crippen LogP contribution in [0.25, 0.3) is 10.2 Å². The minimum atomic E-state index is 0. The molecule has 6 nitrogen and oxygen atoms in total. The molecule has 3 aromatic rings. The molecule has 1 unspecified atom stereocenters. The first-order valence-electron chi connectivity index (χ1n) is 8.39. The zero-order valence-electron chi connectivity index (χ0n) is 14.7. The Kier molecular flexibility index (Phi) is 6.59. The Hall–Kier alpha value is -1.80. The summed E-state index contributed by atoms with van der Waals surface area (Å²) in [5, 5.41) is 4.94. The van der Waals surface area contributed by atoms with Gasteiger partial charge < -0.3 is 19.7 Å². The first kappa shape index (κ1) is 19.9. The number of hydrogen-bond donors (Lipinski definition) is 1. The highest BCUT2D eigenvalue weighted by Crippen LogP contribution is 2.38. The third-order valence-corrected chi connectivity index (χ3v) is 5.77. The molecule has 0 amide bonds. The van der Waals surface area contributed by atoms with E-state index in [0.29, 0.717) is 17.4 Å². The number of pyridine rings is 1. The first-order valence-corrected chi connectivity index (χ1v) is 9.59. The Morgan fingerprint density at radius 2 is 2.26 bits per heavy atom. The molecule has 0 spiro atoms. The van der Waals surface area contributed by atoms with Crippen molar-refractivity contribution in [3.05, 3.63) is 41.7 Å². The van der Waals surface area contributed by atoms with Crippen LogP contribution in [0.5, 0.6) is 11.5 Å². The van der Waals surface area contributed by atoms with Crippen LogP contribution in [0.1, 0.15) is 0 Å². The zero-order valence-corrected chi connectivity index (χ0v) is 17.1. The summed E-state index contributed by atoms with van der Waals surface area (Å²) in [6, 6.07) is 7.86. The second-order valence-electron chi connectivity index (χ2n) is 5.98. The largest absolute Gasteiger partial charge is 0.495 e. The molecule has 144 valence electrons. The number of piperazine rings is 1. The molecule has 2 aromatic heterocycles. The van der Waals surface area contributed by atoms with E-state index in [0.717, 1.165) is 40.7 Å². The molecule has 1 fully saturated rings. The Labute approximate surface area is 172 Å². The van der Waals surface area contributed by atoms with Gasteiger partial charge in [-0.25, -0.2) is 4.98 Å². The van der Waals surface area contributed by atoms with E-state index in [2.05, 4.69) is 15.2 Å². The monoisotopic (exact) mass is 426 g/mol. The van der Waals surface area contributed by atoms with E-state index in [1.807, 2.05) is 24.3 Å². The van der Waals surface area contributed by atoms with Crippen LogP contribution in [0.4, 0.5) is 5.13 Å². The van der Waals surface area contributed by atoms with E-state index in [4.69, 9.17) is 26.1 Å². The molecule has 3 heterocycles. The van der Waals surface area contributed by atoms with Gasteiger partial charge in [-0.1, -0.05) is 22.9 Å². The summed E-state index contributed by atoms with van der Waals surface area (Å²) in [6.45, 7) is 3.19. The van der Waals surface area contributed by atoms with E-state index >= 15 is 0 Å². The molecule has 9 heteroatoms. The number of rotatable bonds is 5. The number of thiazole rings is 1. The van der Waals surface area contributed by atoms with Crippen LogP contribution in [0.15, 0.2) is 36.7 Å². The lowest BCUT2D eigenvalue weighted by Crippen LogP contribution is -2.54. The van der Waals surface area contributed by atoms with E-state index in [-0.39, 0.29) is 18.4 Å². The van der Waals surface area contributed by atoms with E-state index < -0.39 is 0 Å². The lowest BCUT2D eigenvalue weighted by molar-refractivity contribution is 0.266. The van der Waals surface area contributed by atoms with Gasteiger partial charge in [0.25, 0.3) is 0 Å². The normalized spacial score (nSPS) is 16.8. The van der Waals surface area contributed by atoms with Gasteiger partial charge in [0.2, 0.25) is 0 Å². The van der Waals surface area contributed by atoms with Gasteiger partial charge in [-0.3, -0.25) is 4.98 Å². The third kappa shape index (κ3) is 4.21. The van der Waals surface area contributed by atoms with Crippen LogP contribution in [0.2, 0.25) is 5.02 Å². The number of aromatic nitrogens is 2. The topological polar surface area (TPSA) is 59.5 Å². The maximum atomic E-state index is 6.43. The number of halogens is 2. The SMILES string of the molecule is COc1ccc2sc(N3CCNCC3COc3cccnc3)nc2c1Cl.Cl. The summed E-state index contributed by atoms with van der Waals surface area (Å²) in [6.07, 6.45) is 3.46. The van der Waals surface area contributed by atoms with Crippen molar-refractivity contribution >= 4 is 50.7 Å². The Morgan fingerprint density at radius 1 is 1.37 bits per heavy atom. The lowest BCUT2D eigenvalue weighted by atomic mass is 10.2. The molecule has 4 rings (SSSR count). The molecule has 0 radical (unpaired) electrons. The van der Waals surface area contributed by atoms with Gasteiger partial charge >= 0.3 is 0 Å². The molecule has 1 aliphatic rings. The maximum absolute atomic E-state index is 6.43. The van der Waals surface area contributed by atoms with Crippen molar-refractivity contribution < 1.29 is 9.47 Å². The van der Waals surface area contributed by atoms with Gasteiger partial charge in [-0.15, -0.1) is 12.4 Å². The highest BCUT2D eigenvalue weighted by molar-refractivity contribution is 7.22. The van der Waals surface area contributed by atoms with Crippen LogP contribution in [0.3, 0.4) is 0 Å². The molecular formula is C18H20Cl2N4O2S. The fourth-order valence-electron chi connectivity index (χ4n) is 3.00. The highest BCUT2D eigenvalue weighted by Gasteiger charge is 2.26. The summed E-state index contributed by atoms with van der Waals surface area (Å²) in [7, 11) is 1.61. The maximum Gasteiger partial charge on any atom is 0.186 e. The summed E-state index contributed by atoms with van der Waals surface area (Å²) in [5.74, 6) is 1.42. The Balaban J connectivity index is 0.00000210. The van der Waals surface area contributed by atoms with E-state index in [1.165, 1.54) is 0 Å². The van der Waals surface area contributed by atoms with Gasteiger partial charge in [0.1, 0.15) is 28.6 Å². The number of nitrogens with zero attached hydrogens (tertiary/aromatic N) is 3. The van der Waals surface area contributed by atoms with Crippen molar-refractivity contribution in [3.8, 4) is 11.5 Å². The van der Waals surface area contributed by atoms with Gasteiger partial charge in [0, 0.05) is 25.8 Å². The van der Waals surface area contributed by atoms with Gasteiger partial charge in [-0.05, 0) is 24.3 Å². The third-order valence-electron chi connectivity index (χ3n) is 4.35.